The number of benzene rings is 1. The van der Waals surface area contributed by atoms with Crippen LogP contribution in [-0.2, 0) is 26.0 Å². The zero-order valence-electron chi connectivity index (χ0n) is 14.5. The first kappa shape index (κ1) is 19.4. The molecule has 0 spiro atoms. The first-order valence-corrected chi connectivity index (χ1v) is 10.1. The van der Waals surface area contributed by atoms with Gasteiger partial charge in [-0.05, 0) is 12.0 Å². The van der Waals surface area contributed by atoms with Crippen LogP contribution in [0, 0.1) is 0 Å². The van der Waals surface area contributed by atoms with E-state index in [1.165, 1.54) is 6.92 Å². The molecule has 0 aliphatic carbocycles. The van der Waals surface area contributed by atoms with E-state index in [1.54, 1.807) is 9.80 Å². The SMILES string of the molecule is CC(=O)N1CCN(C(=O)CCNS(=O)(=O)CCc2ccccc2)CC1. The quantitative estimate of drug-likeness (QED) is 0.747. The van der Waals surface area contributed by atoms with Crippen molar-refractivity contribution >= 4 is 21.8 Å². The third kappa shape index (κ3) is 6.47. The van der Waals surface area contributed by atoms with Crippen molar-refractivity contribution in [1.82, 2.24) is 14.5 Å². The fourth-order valence-corrected chi connectivity index (χ4v) is 3.77. The summed E-state index contributed by atoms with van der Waals surface area (Å²) in [6, 6.07) is 9.41. The lowest BCUT2D eigenvalue weighted by Gasteiger charge is -2.34. The fraction of sp³-hybridized carbons (Fsp3) is 0.529. The van der Waals surface area contributed by atoms with Crippen molar-refractivity contribution in [1.29, 1.82) is 0 Å². The molecule has 25 heavy (non-hydrogen) atoms. The molecule has 1 aromatic rings. The van der Waals surface area contributed by atoms with Crippen molar-refractivity contribution in [3.8, 4) is 0 Å². The molecule has 0 atom stereocenters. The molecule has 1 fully saturated rings. The van der Waals surface area contributed by atoms with E-state index in [0.717, 1.165) is 5.56 Å². The molecule has 1 saturated heterocycles. The number of nitrogens with zero attached hydrogens (tertiary/aromatic N) is 2. The molecule has 138 valence electrons. The van der Waals surface area contributed by atoms with Gasteiger partial charge in [0.1, 0.15) is 0 Å². The number of amides is 2. The van der Waals surface area contributed by atoms with E-state index in [1.807, 2.05) is 30.3 Å². The van der Waals surface area contributed by atoms with Crippen LogP contribution in [0.5, 0.6) is 0 Å². The van der Waals surface area contributed by atoms with Gasteiger partial charge in [0.25, 0.3) is 0 Å². The van der Waals surface area contributed by atoms with E-state index in [4.69, 9.17) is 0 Å². The van der Waals surface area contributed by atoms with Crippen LogP contribution in [-0.4, -0.2) is 68.5 Å². The van der Waals surface area contributed by atoms with E-state index < -0.39 is 10.0 Å². The van der Waals surface area contributed by atoms with Gasteiger partial charge < -0.3 is 9.80 Å². The molecule has 1 aromatic carbocycles. The molecule has 1 N–H and O–H groups in total. The molecular formula is C17H25N3O4S. The Morgan fingerprint density at radius 1 is 1.04 bits per heavy atom. The smallest absolute Gasteiger partial charge is 0.224 e. The lowest BCUT2D eigenvalue weighted by Crippen LogP contribution is -2.50. The Morgan fingerprint density at radius 3 is 2.24 bits per heavy atom. The number of hydrogen-bond acceptors (Lipinski definition) is 4. The molecule has 0 radical (unpaired) electrons. The zero-order chi connectivity index (χ0) is 18.3. The molecule has 0 unspecified atom stereocenters. The molecule has 0 bridgehead atoms. The average Bonchev–Trinajstić information content (AvgIpc) is 2.61. The van der Waals surface area contributed by atoms with Crippen molar-refractivity contribution < 1.29 is 18.0 Å². The monoisotopic (exact) mass is 367 g/mol. The van der Waals surface area contributed by atoms with Crippen molar-refractivity contribution in [3.05, 3.63) is 35.9 Å². The van der Waals surface area contributed by atoms with Crippen molar-refractivity contribution in [2.75, 3.05) is 38.5 Å². The number of rotatable bonds is 7. The molecule has 1 aliphatic rings. The highest BCUT2D eigenvalue weighted by Crippen LogP contribution is 2.05. The maximum atomic E-state index is 12.1. The van der Waals surface area contributed by atoms with Gasteiger partial charge in [-0.15, -0.1) is 0 Å². The van der Waals surface area contributed by atoms with Crippen LogP contribution in [0.1, 0.15) is 18.9 Å². The largest absolute Gasteiger partial charge is 0.339 e. The Balaban J connectivity index is 1.69. The van der Waals surface area contributed by atoms with E-state index >= 15 is 0 Å². The second-order valence-corrected chi connectivity index (χ2v) is 8.01. The van der Waals surface area contributed by atoms with E-state index in [2.05, 4.69) is 4.72 Å². The molecule has 0 aromatic heterocycles. The lowest BCUT2D eigenvalue weighted by molar-refractivity contribution is -0.138. The Labute approximate surface area is 149 Å². The minimum atomic E-state index is -3.40. The third-order valence-corrected chi connectivity index (χ3v) is 5.63. The third-order valence-electron chi connectivity index (χ3n) is 4.24. The number of carbonyl (C=O) groups is 2. The second-order valence-electron chi connectivity index (χ2n) is 6.09. The summed E-state index contributed by atoms with van der Waals surface area (Å²) < 4.78 is 26.5. The lowest BCUT2D eigenvalue weighted by atomic mass is 10.2. The molecule has 2 rings (SSSR count). The molecular weight excluding hydrogens is 342 g/mol. The second kappa shape index (κ2) is 8.96. The predicted octanol–water partition coefficient (Wildman–Crippen LogP) is 0.229. The maximum Gasteiger partial charge on any atom is 0.224 e. The summed E-state index contributed by atoms with van der Waals surface area (Å²) in [7, 11) is -3.40. The summed E-state index contributed by atoms with van der Waals surface area (Å²) in [5.74, 6) is -0.0742. The zero-order valence-corrected chi connectivity index (χ0v) is 15.3. The molecule has 8 heteroatoms. The summed E-state index contributed by atoms with van der Waals surface area (Å²) in [5.41, 5.74) is 0.965. The summed E-state index contributed by atoms with van der Waals surface area (Å²) in [5, 5.41) is 0. The van der Waals surface area contributed by atoms with Gasteiger partial charge in [0.2, 0.25) is 21.8 Å². The number of carbonyl (C=O) groups excluding carboxylic acids is 2. The first-order chi connectivity index (χ1) is 11.9. The summed E-state index contributed by atoms with van der Waals surface area (Å²) >= 11 is 0. The van der Waals surface area contributed by atoms with E-state index in [0.29, 0.717) is 32.6 Å². The molecule has 0 saturated carbocycles. The first-order valence-electron chi connectivity index (χ1n) is 8.42. The standard InChI is InChI=1S/C17H25N3O4S/c1-15(21)19-10-12-20(13-11-19)17(22)7-9-18-25(23,24)14-8-16-5-3-2-4-6-16/h2-6,18H,7-14H2,1H3. The molecule has 1 aliphatic heterocycles. The normalized spacial score (nSPS) is 15.2. The van der Waals surface area contributed by atoms with Crippen LogP contribution in [0.3, 0.4) is 0 Å². The van der Waals surface area contributed by atoms with E-state index in [-0.39, 0.29) is 30.5 Å². The Morgan fingerprint density at radius 2 is 1.64 bits per heavy atom. The Kier molecular flexibility index (Phi) is 6.95. The van der Waals surface area contributed by atoms with Crippen LogP contribution >= 0.6 is 0 Å². The van der Waals surface area contributed by atoms with Gasteiger partial charge in [-0.2, -0.15) is 0 Å². The topological polar surface area (TPSA) is 86.8 Å². The minimum Gasteiger partial charge on any atom is -0.339 e. The highest BCUT2D eigenvalue weighted by Gasteiger charge is 2.22. The number of aryl methyl sites for hydroxylation is 1. The van der Waals surface area contributed by atoms with Gasteiger partial charge in [0.05, 0.1) is 5.75 Å². The van der Waals surface area contributed by atoms with Gasteiger partial charge in [-0.3, -0.25) is 9.59 Å². The van der Waals surface area contributed by atoms with Crippen LogP contribution in [0.2, 0.25) is 0 Å². The van der Waals surface area contributed by atoms with Gasteiger partial charge in [0, 0.05) is 46.1 Å². The highest BCUT2D eigenvalue weighted by molar-refractivity contribution is 7.89. The Bertz CT molecular complexity index is 683. The number of hydrogen-bond donors (Lipinski definition) is 1. The van der Waals surface area contributed by atoms with Gasteiger partial charge in [-0.1, -0.05) is 30.3 Å². The number of sulfonamides is 1. The van der Waals surface area contributed by atoms with Gasteiger partial charge >= 0.3 is 0 Å². The van der Waals surface area contributed by atoms with Crippen LogP contribution in [0.15, 0.2) is 30.3 Å². The van der Waals surface area contributed by atoms with Gasteiger partial charge in [0.15, 0.2) is 0 Å². The van der Waals surface area contributed by atoms with Crippen LogP contribution in [0.4, 0.5) is 0 Å². The predicted molar refractivity (Wildman–Crippen MR) is 95.4 cm³/mol. The average molecular weight is 367 g/mol. The maximum absolute atomic E-state index is 12.1. The summed E-state index contributed by atoms with van der Waals surface area (Å²) in [6.07, 6.45) is 0.571. The number of nitrogens with one attached hydrogen (secondary N) is 1. The highest BCUT2D eigenvalue weighted by atomic mass is 32.2. The van der Waals surface area contributed by atoms with Crippen molar-refractivity contribution in [3.63, 3.8) is 0 Å². The van der Waals surface area contributed by atoms with Crippen molar-refractivity contribution in [2.45, 2.75) is 19.8 Å². The molecule has 7 nitrogen and oxygen atoms in total. The van der Waals surface area contributed by atoms with Crippen LogP contribution in [0.25, 0.3) is 0 Å². The van der Waals surface area contributed by atoms with Crippen LogP contribution < -0.4 is 4.72 Å². The van der Waals surface area contributed by atoms with E-state index in [9.17, 15) is 18.0 Å². The van der Waals surface area contributed by atoms with Gasteiger partial charge in [-0.25, -0.2) is 13.1 Å². The Hall–Kier alpha value is -1.93. The molecule has 2 amide bonds. The molecule has 1 heterocycles. The fourth-order valence-electron chi connectivity index (χ4n) is 2.71. The summed E-state index contributed by atoms with van der Waals surface area (Å²) in [6.45, 7) is 3.68. The van der Waals surface area contributed by atoms with Crippen molar-refractivity contribution in [2.24, 2.45) is 0 Å². The number of piperazine rings is 1. The summed E-state index contributed by atoms with van der Waals surface area (Å²) in [4.78, 5) is 26.8. The minimum absolute atomic E-state index is 0.00247.